The first-order chi connectivity index (χ1) is 10.1. The van der Waals surface area contributed by atoms with Crippen molar-refractivity contribution in [3.63, 3.8) is 0 Å². The van der Waals surface area contributed by atoms with Gasteiger partial charge in [0.1, 0.15) is 10.7 Å². The van der Waals surface area contributed by atoms with Crippen molar-refractivity contribution >= 4 is 29.1 Å². The van der Waals surface area contributed by atoms with Gasteiger partial charge in [0, 0.05) is 0 Å². The number of para-hydroxylation sites is 1. The van der Waals surface area contributed by atoms with Crippen molar-refractivity contribution in [1.82, 2.24) is 4.90 Å². The average Bonchev–Trinajstić information content (AvgIpc) is 2.72. The Bertz CT molecular complexity index is 607. The summed E-state index contributed by atoms with van der Waals surface area (Å²) >= 11 is 6.16. The van der Waals surface area contributed by atoms with Crippen molar-refractivity contribution in [3.05, 3.63) is 41.1 Å². The van der Waals surface area contributed by atoms with Crippen LogP contribution in [0.15, 0.2) is 41.1 Å². The Morgan fingerprint density at radius 2 is 1.67 bits per heavy atom. The van der Waals surface area contributed by atoms with Gasteiger partial charge < -0.3 is 9.80 Å². The molecule has 0 aromatic heterocycles. The number of carbonyl (C=O) groups excluding carboxylic acids is 2. The van der Waals surface area contributed by atoms with E-state index in [9.17, 15) is 9.59 Å². The van der Waals surface area contributed by atoms with E-state index in [4.69, 9.17) is 11.6 Å². The Labute approximate surface area is 128 Å². The van der Waals surface area contributed by atoms with Gasteiger partial charge in [-0.15, -0.1) is 0 Å². The molecule has 110 valence electrons. The minimum atomic E-state index is -0.436. The van der Waals surface area contributed by atoms with E-state index in [0.29, 0.717) is 11.4 Å². The van der Waals surface area contributed by atoms with Crippen molar-refractivity contribution in [2.24, 2.45) is 0 Å². The zero-order valence-electron chi connectivity index (χ0n) is 11.8. The van der Waals surface area contributed by atoms with Crippen LogP contribution < -0.4 is 9.80 Å². The van der Waals surface area contributed by atoms with Crippen LogP contribution in [0.2, 0.25) is 0 Å². The number of benzene rings is 1. The Balaban J connectivity index is 1.89. The first kappa shape index (κ1) is 14.1. The van der Waals surface area contributed by atoms with Crippen LogP contribution in [0, 0.1) is 0 Å². The molecule has 0 aliphatic carbocycles. The molecule has 2 aliphatic heterocycles. The monoisotopic (exact) mass is 306 g/mol. The molecule has 0 saturated carbocycles. The van der Waals surface area contributed by atoms with Gasteiger partial charge in [0.15, 0.2) is 0 Å². The summed E-state index contributed by atoms with van der Waals surface area (Å²) in [5.74, 6) is -0.759. The van der Waals surface area contributed by atoms with Crippen molar-refractivity contribution in [1.29, 1.82) is 0 Å². The number of imide groups is 1. The van der Waals surface area contributed by atoms with Gasteiger partial charge in [-0.25, -0.2) is 4.90 Å². The number of carbonyl (C=O) groups is 2. The van der Waals surface area contributed by atoms with E-state index in [1.165, 1.54) is 4.90 Å². The van der Waals surface area contributed by atoms with Gasteiger partial charge in [0.2, 0.25) is 0 Å². The number of nitrogens with zero attached hydrogens (tertiary/aromatic N) is 2. The van der Waals surface area contributed by atoms with E-state index >= 15 is 0 Å². The summed E-state index contributed by atoms with van der Waals surface area (Å²) in [4.78, 5) is 29.4. The van der Waals surface area contributed by atoms with Crippen molar-refractivity contribution < 1.29 is 14.5 Å². The Kier molecular flexibility index (Phi) is 3.69. The number of likely N-dealkylation sites (N-methyl/N-ethyl adjacent to an activating group) is 1. The van der Waals surface area contributed by atoms with Crippen LogP contribution in [0.25, 0.3) is 0 Å². The molecular formula is C15H17ClN3O2+. The molecule has 0 atom stereocenters. The van der Waals surface area contributed by atoms with Gasteiger partial charge in [-0.1, -0.05) is 29.8 Å². The maximum atomic E-state index is 12.6. The number of hydrogen-bond donors (Lipinski definition) is 1. The molecule has 5 nitrogen and oxygen atoms in total. The molecule has 0 bridgehead atoms. The quantitative estimate of drug-likeness (QED) is 0.773. The number of amides is 2. The fourth-order valence-corrected chi connectivity index (χ4v) is 2.97. The number of rotatable bonds is 2. The lowest BCUT2D eigenvalue weighted by Crippen LogP contribution is -3.11. The Hall–Kier alpha value is -1.85. The van der Waals surface area contributed by atoms with Crippen LogP contribution in [-0.4, -0.2) is 49.9 Å². The van der Waals surface area contributed by atoms with Crippen LogP contribution >= 0.6 is 11.6 Å². The predicted octanol–water partition coefficient (Wildman–Crippen LogP) is -0.159. The van der Waals surface area contributed by atoms with Crippen LogP contribution in [-0.2, 0) is 9.59 Å². The molecule has 21 heavy (non-hydrogen) atoms. The van der Waals surface area contributed by atoms with E-state index in [-0.39, 0.29) is 10.9 Å². The second kappa shape index (κ2) is 5.50. The molecule has 0 spiro atoms. The summed E-state index contributed by atoms with van der Waals surface area (Å²) in [7, 11) is 2.12. The highest BCUT2D eigenvalue weighted by atomic mass is 35.5. The van der Waals surface area contributed by atoms with E-state index < -0.39 is 5.91 Å². The Morgan fingerprint density at radius 3 is 2.29 bits per heavy atom. The third-order valence-corrected chi connectivity index (χ3v) is 4.29. The third-order valence-electron chi connectivity index (χ3n) is 3.95. The molecule has 2 heterocycles. The standard InChI is InChI=1S/C15H16ClN3O2/c1-17-7-9-18(10-8-17)13-12(16)14(20)19(15(13)21)11-5-3-2-4-6-11/h2-6H,7-10H2,1H3/p+1. The molecular weight excluding hydrogens is 290 g/mol. The van der Waals surface area contributed by atoms with Crippen LogP contribution in [0.1, 0.15) is 0 Å². The molecule has 0 radical (unpaired) electrons. The second-order valence-electron chi connectivity index (χ2n) is 5.39. The van der Waals surface area contributed by atoms with E-state index in [1.807, 2.05) is 11.0 Å². The van der Waals surface area contributed by atoms with Gasteiger partial charge in [-0.3, -0.25) is 9.59 Å². The zero-order chi connectivity index (χ0) is 15.0. The van der Waals surface area contributed by atoms with Crippen molar-refractivity contribution in [3.8, 4) is 0 Å². The highest BCUT2D eigenvalue weighted by molar-refractivity contribution is 6.52. The minimum Gasteiger partial charge on any atom is -0.354 e. The van der Waals surface area contributed by atoms with Gasteiger partial charge in [-0.2, -0.15) is 0 Å². The highest BCUT2D eigenvalue weighted by Crippen LogP contribution is 2.30. The maximum absolute atomic E-state index is 12.6. The summed E-state index contributed by atoms with van der Waals surface area (Å²) < 4.78 is 0. The van der Waals surface area contributed by atoms with Gasteiger partial charge in [-0.05, 0) is 12.1 Å². The lowest BCUT2D eigenvalue weighted by molar-refractivity contribution is -0.883. The summed E-state index contributed by atoms with van der Waals surface area (Å²) in [5.41, 5.74) is 0.901. The number of piperazine rings is 1. The van der Waals surface area contributed by atoms with Gasteiger partial charge in [0.25, 0.3) is 11.8 Å². The van der Waals surface area contributed by atoms with E-state index in [0.717, 1.165) is 31.1 Å². The molecule has 1 aromatic carbocycles. The van der Waals surface area contributed by atoms with Crippen LogP contribution in [0.4, 0.5) is 5.69 Å². The average molecular weight is 307 g/mol. The molecule has 6 heteroatoms. The number of quaternary nitrogens is 1. The molecule has 2 amide bonds. The van der Waals surface area contributed by atoms with Gasteiger partial charge >= 0.3 is 0 Å². The van der Waals surface area contributed by atoms with E-state index in [2.05, 4.69) is 7.05 Å². The fourth-order valence-electron chi connectivity index (χ4n) is 2.69. The first-order valence-corrected chi connectivity index (χ1v) is 7.37. The number of halogens is 1. The normalized spacial score (nSPS) is 20.7. The topological polar surface area (TPSA) is 45.1 Å². The molecule has 0 unspecified atom stereocenters. The summed E-state index contributed by atoms with van der Waals surface area (Å²) in [6, 6.07) is 8.89. The summed E-state index contributed by atoms with van der Waals surface area (Å²) in [5, 5.41) is 0.0309. The van der Waals surface area contributed by atoms with E-state index in [1.54, 1.807) is 24.3 Å². The molecule has 1 saturated heterocycles. The smallest absolute Gasteiger partial charge is 0.283 e. The maximum Gasteiger partial charge on any atom is 0.283 e. The molecule has 3 rings (SSSR count). The molecule has 2 aliphatic rings. The highest BCUT2D eigenvalue weighted by Gasteiger charge is 2.42. The SMILES string of the molecule is C[NH+]1CCN(C2=C(Cl)C(=O)N(c3ccccc3)C2=O)CC1. The fraction of sp³-hybridized carbons (Fsp3) is 0.333. The first-order valence-electron chi connectivity index (χ1n) is 6.99. The molecule has 1 N–H and O–H groups in total. The lowest BCUT2D eigenvalue weighted by Gasteiger charge is -2.31. The largest absolute Gasteiger partial charge is 0.354 e. The minimum absolute atomic E-state index is 0.0309. The summed E-state index contributed by atoms with van der Waals surface area (Å²) in [6.45, 7) is 3.33. The molecule has 1 fully saturated rings. The van der Waals surface area contributed by atoms with Gasteiger partial charge in [0.05, 0.1) is 38.9 Å². The Morgan fingerprint density at radius 1 is 1.05 bits per heavy atom. The number of anilines is 1. The number of nitrogens with one attached hydrogen (secondary N) is 1. The lowest BCUT2D eigenvalue weighted by atomic mass is 10.2. The molecule has 1 aromatic rings. The van der Waals surface area contributed by atoms with Crippen LogP contribution in [0.3, 0.4) is 0 Å². The van der Waals surface area contributed by atoms with Crippen molar-refractivity contribution in [2.45, 2.75) is 0 Å². The van der Waals surface area contributed by atoms with Crippen molar-refractivity contribution in [2.75, 3.05) is 38.1 Å². The van der Waals surface area contributed by atoms with Crippen LogP contribution in [0.5, 0.6) is 0 Å². The second-order valence-corrected chi connectivity index (χ2v) is 5.77. The zero-order valence-corrected chi connectivity index (χ0v) is 12.6. The summed E-state index contributed by atoms with van der Waals surface area (Å²) in [6.07, 6.45) is 0. The third kappa shape index (κ3) is 2.43. The number of hydrogen-bond acceptors (Lipinski definition) is 3. The predicted molar refractivity (Wildman–Crippen MR) is 80.0 cm³/mol.